The maximum absolute atomic E-state index is 10.5. The summed E-state index contributed by atoms with van der Waals surface area (Å²) in [6.07, 6.45) is 0.431. The average Bonchev–Trinajstić information content (AvgIpc) is 2.54. The van der Waals surface area contributed by atoms with E-state index in [9.17, 15) is 9.90 Å². The fraction of sp³-hybridized carbons (Fsp3) is 0.562. The number of hydrogen-bond donors (Lipinski definition) is 1. The summed E-state index contributed by atoms with van der Waals surface area (Å²) in [5.74, 6) is 0.271. The Morgan fingerprint density at radius 2 is 2.09 bits per heavy atom. The van der Waals surface area contributed by atoms with Crippen molar-refractivity contribution in [2.24, 2.45) is 0 Å². The van der Waals surface area contributed by atoms with E-state index >= 15 is 0 Å². The predicted octanol–water partition coefficient (Wildman–Crippen LogP) is -1.33. The Bertz CT molecular complexity index is 485. The van der Waals surface area contributed by atoms with Crippen LogP contribution in [0.4, 0.5) is 0 Å². The highest BCUT2D eigenvalue weighted by Crippen LogP contribution is 2.28. The molecule has 1 aromatic carbocycles. The van der Waals surface area contributed by atoms with Crippen molar-refractivity contribution in [3.05, 3.63) is 23.8 Å². The maximum atomic E-state index is 10.5. The average molecular weight is 309 g/mol. The first-order valence-corrected chi connectivity index (χ1v) is 7.60. The molecule has 0 saturated carbocycles. The largest absolute Gasteiger partial charge is 0.550 e. The number of ether oxygens (including phenoxy) is 3. The Morgan fingerprint density at radius 1 is 1.32 bits per heavy atom. The quantitative estimate of drug-likeness (QED) is 0.644. The molecule has 0 radical (unpaired) electrons. The highest BCUT2D eigenvalue weighted by atomic mass is 16.5. The first-order chi connectivity index (χ1) is 10.7. The van der Waals surface area contributed by atoms with Gasteiger partial charge in [0.05, 0.1) is 20.3 Å². The number of benzene rings is 1. The number of hydrogen-bond acceptors (Lipinski definition) is 5. The highest BCUT2D eigenvalue weighted by Gasteiger charge is 2.14. The van der Waals surface area contributed by atoms with Gasteiger partial charge in [-0.2, -0.15) is 0 Å². The first-order valence-electron chi connectivity index (χ1n) is 7.60. The van der Waals surface area contributed by atoms with Crippen molar-refractivity contribution >= 4 is 5.97 Å². The number of rotatable bonds is 8. The molecule has 122 valence electrons. The molecular weight excluding hydrogens is 286 g/mol. The van der Waals surface area contributed by atoms with E-state index in [1.54, 1.807) is 7.11 Å². The maximum Gasteiger partial charge on any atom is 0.161 e. The number of quaternary nitrogens is 1. The van der Waals surface area contributed by atoms with Crippen LogP contribution in [0, 0.1) is 0 Å². The smallest absolute Gasteiger partial charge is 0.161 e. The fourth-order valence-corrected chi connectivity index (χ4v) is 2.45. The number of carbonyl (C=O) groups excluding carboxylic acids is 1. The van der Waals surface area contributed by atoms with Gasteiger partial charge in [0.25, 0.3) is 0 Å². The van der Waals surface area contributed by atoms with Gasteiger partial charge in [0.15, 0.2) is 11.5 Å². The lowest BCUT2D eigenvalue weighted by Crippen LogP contribution is -3.14. The molecule has 1 N–H and O–H groups in total. The van der Waals surface area contributed by atoms with Crippen LogP contribution in [0.5, 0.6) is 11.5 Å². The minimum atomic E-state index is -1.05. The van der Waals surface area contributed by atoms with E-state index in [0.29, 0.717) is 24.5 Å². The second kappa shape index (κ2) is 8.60. The second-order valence-corrected chi connectivity index (χ2v) is 5.32. The predicted molar refractivity (Wildman–Crippen MR) is 78.2 cm³/mol. The Morgan fingerprint density at radius 3 is 2.77 bits per heavy atom. The third-order valence-electron chi connectivity index (χ3n) is 3.76. The van der Waals surface area contributed by atoms with E-state index in [1.165, 1.54) is 4.90 Å². The number of methoxy groups -OCH3 is 1. The van der Waals surface area contributed by atoms with Gasteiger partial charge >= 0.3 is 0 Å². The summed E-state index contributed by atoms with van der Waals surface area (Å²) in [5.41, 5.74) is 0.896. The van der Waals surface area contributed by atoms with Gasteiger partial charge < -0.3 is 29.0 Å². The molecule has 0 bridgehead atoms. The Kier molecular flexibility index (Phi) is 6.48. The monoisotopic (exact) mass is 309 g/mol. The molecule has 6 nitrogen and oxygen atoms in total. The van der Waals surface area contributed by atoms with Crippen molar-refractivity contribution in [3.63, 3.8) is 0 Å². The topological polar surface area (TPSA) is 72.3 Å². The van der Waals surface area contributed by atoms with Crippen LogP contribution in [0.3, 0.4) is 0 Å². The van der Waals surface area contributed by atoms with Crippen molar-refractivity contribution in [3.8, 4) is 11.5 Å². The zero-order valence-electron chi connectivity index (χ0n) is 12.9. The number of carboxylic acids is 1. The van der Waals surface area contributed by atoms with Gasteiger partial charge in [-0.05, 0) is 30.5 Å². The third kappa shape index (κ3) is 5.20. The number of aryl methyl sites for hydroxylation is 1. The second-order valence-electron chi connectivity index (χ2n) is 5.32. The molecule has 1 fully saturated rings. The Labute approximate surface area is 130 Å². The molecule has 2 rings (SSSR count). The van der Waals surface area contributed by atoms with Crippen LogP contribution in [-0.4, -0.2) is 52.5 Å². The summed E-state index contributed by atoms with van der Waals surface area (Å²) < 4.78 is 16.4. The highest BCUT2D eigenvalue weighted by molar-refractivity contribution is 5.64. The number of nitrogens with one attached hydrogen (secondary N) is 1. The summed E-state index contributed by atoms with van der Waals surface area (Å²) in [6, 6.07) is 5.51. The molecule has 6 heteroatoms. The van der Waals surface area contributed by atoms with Crippen LogP contribution in [0.1, 0.15) is 12.0 Å². The lowest BCUT2D eigenvalue weighted by atomic mass is 10.1. The van der Waals surface area contributed by atoms with Crippen molar-refractivity contribution < 1.29 is 29.0 Å². The number of morpholine rings is 1. The molecule has 1 aliphatic heterocycles. The van der Waals surface area contributed by atoms with Crippen LogP contribution in [0.25, 0.3) is 0 Å². The third-order valence-corrected chi connectivity index (χ3v) is 3.76. The molecule has 0 spiro atoms. The Balaban J connectivity index is 1.85. The van der Waals surface area contributed by atoms with E-state index < -0.39 is 5.97 Å². The molecular formula is C16H23NO5. The van der Waals surface area contributed by atoms with Crippen molar-refractivity contribution in [2.75, 3.05) is 46.6 Å². The van der Waals surface area contributed by atoms with Crippen LogP contribution in [0.2, 0.25) is 0 Å². The van der Waals surface area contributed by atoms with Gasteiger partial charge in [-0.25, -0.2) is 0 Å². The van der Waals surface area contributed by atoms with E-state index in [2.05, 4.69) is 0 Å². The van der Waals surface area contributed by atoms with Gasteiger partial charge in [0.1, 0.15) is 26.2 Å². The van der Waals surface area contributed by atoms with Crippen LogP contribution in [0.15, 0.2) is 18.2 Å². The SMILES string of the molecule is COc1cc(CCC(=O)[O-])ccc1OCC[NH+]1CCOCC1. The zero-order chi connectivity index (χ0) is 15.8. The van der Waals surface area contributed by atoms with Gasteiger partial charge in [-0.3, -0.25) is 0 Å². The van der Waals surface area contributed by atoms with Crippen molar-refractivity contribution in [1.82, 2.24) is 0 Å². The molecule has 1 aliphatic rings. The zero-order valence-corrected chi connectivity index (χ0v) is 12.9. The van der Waals surface area contributed by atoms with Gasteiger partial charge in [0, 0.05) is 5.97 Å². The molecule has 1 heterocycles. The molecule has 1 saturated heterocycles. The van der Waals surface area contributed by atoms with E-state index in [1.807, 2.05) is 18.2 Å². The number of carboxylic acid groups (broad SMARTS) is 1. The minimum Gasteiger partial charge on any atom is -0.550 e. The van der Waals surface area contributed by atoms with Crippen molar-refractivity contribution in [1.29, 1.82) is 0 Å². The van der Waals surface area contributed by atoms with E-state index in [0.717, 1.165) is 38.4 Å². The molecule has 0 aromatic heterocycles. The fourth-order valence-electron chi connectivity index (χ4n) is 2.45. The molecule has 1 aromatic rings. The van der Waals surface area contributed by atoms with Crippen LogP contribution >= 0.6 is 0 Å². The Hall–Kier alpha value is -1.79. The minimum absolute atomic E-state index is 0.00372. The lowest BCUT2D eigenvalue weighted by Gasteiger charge is -2.23. The van der Waals surface area contributed by atoms with E-state index in [4.69, 9.17) is 14.2 Å². The van der Waals surface area contributed by atoms with Crippen molar-refractivity contribution in [2.45, 2.75) is 12.8 Å². The number of aliphatic carboxylic acids is 1. The first kappa shape index (κ1) is 16.6. The van der Waals surface area contributed by atoms with E-state index in [-0.39, 0.29) is 6.42 Å². The van der Waals surface area contributed by atoms with Crippen LogP contribution < -0.4 is 19.5 Å². The normalized spacial score (nSPS) is 15.5. The summed E-state index contributed by atoms with van der Waals surface area (Å²) >= 11 is 0. The molecule has 0 amide bonds. The summed E-state index contributed by atoms with van der Waals surface area (Å²) in [4.78, 5) is 12.0. The summed E-state index contributed by atoms with van der Waals surface area (Å²) in [6.45, 7) is 5.20. The van der Waals surface area contributed by atoms with Gasteiger partial charge in [0.2, 0.25) is 0 Å². The van der Waals surface area contributed by atoms with Crippen LogP contribution in [-0.2, 0) is 16.0 Å². The molecule has 0 atom stereocenters. The summed E-state index contributed by atoms with van der Waals surface area (Å²) in [7, 11) is 1.58. The molecule has 0 aliphatic carbocycles. The number of carbonyl (C=O) groups is 1. The standard InChI is InChI=1S/C16H23NO5/c1-20-15-12-13(3-5-16(18)19)2-4-14(15)22-11-8-17-6-9-21-10-7-17/h2,4,12H,3,5-11H2,1H3,(H,18,19). The molecule has 0 unspecified atom stereocenters. The lowest BCUT2D eigenvalue weighted by molar-refractivity contribution is -0.908. The van der Waals surface area contributed by atoms with Gasteiger partial charge in [-0.15, -0.1) is 0 Å². The molecule has 22 heavy (non-hydrogen) atoms. The van der Waals surface area contributed by atoms with Gasteiger partial charge in [-0.1, -0.05) is 6.07 Å². The summed E-state index contributed by atoms with van der Waals surface area (Å²) in [5, 5.41) is 10.5.